The Morgan fingerprint density at radius 1 is 1.06 bits per heavy atom. The monoisotopic (exact) mass is 420 g/mol. The molecule has 1 aromatic carbocycles. The van der Waals surface area contributed by atoms with Crippen molar-refractivity contribution in [2.24, 2.45) is 11.8 Å². The minimum Gasteiger partial charge on any atom is -0.497 e. The summed E-state index contributed by atoms with van der Waals surface area (Å²) in [7, 11) is 1.68. The number of likely N-dealkylation sites (tertiary alicyclic amines) is 1. The van der Waals surface area contributed by atoms with Crippen molar-refractivity contribution in [1.82, 2.24) is 9.47 Å². The molecular weight excluding hydrogens is 388 g/mol. The second-order valence-electron chi connectivity index (χ2n) is 9.55. The lowest BCUT2D eigenvalue weighted by Gasteiger charge is -2.48. The van der Waals surface area contributed by atoms with Gasteiger partial charge < -0.3 is 14.2 Å². The van der Waals surface area contributed by atoms with Crippen molar-refractivity contribution in [1.29, 1.82) is 0 Å². The van der Waals surface area contributed by atoms with E-state index < -0.39 is 0 Å². The Morgan fingerprint density at radius 3 is 2.68 bits per heavy atom. The Labute approximate surface area is 184 Å². The summed E-state index contributed by atoms with van der Waals surface area (Å²) in [5, 5.41) is 0. The molecular formula is C26H32N2O3. The van der Waals surface area contributed by atoms with Crippen LogP contribution in [-0.2, 0) is 11.2 Å². The van der Waals surface area contributed by atoms with Crippen LogP contribution in [0.1, 0.15) is 61.7 Å². The van der Waals surface area contributed by atoms with Gasteiger partial charge in [0.25, 0.3) is 5.56 Å². The van der Waals surface area contributed by atoms with Crippen molar-refractivity contribution in [3.63, 3.8) is 0 Å². The average molecular weight is 421 g/mol. The summed E-state index contributed by atoms with van der Waals surface area (Å²) in [6.45, 7) is 1.52. The summed E-state index contributed by atoms with van der Waals surface area (Å²) in [5.41, 5.74) is 2.34. The number of rotatable bonds is 4. The Balaban J connectivity index is 1.47. The largest absolute Gasteiger partial charge is 0.497 e. The van der Waals surface area contributed by atoms with Gasteiger partial charge in [-0.2, -0.15) is 0 Å². The van der Waals surface area contributed by atoms with Crippen molar-refractivity contribution in [3.05, 3.63) is 64.1 Å². The van der Waals surface area contributed by atoms with Crippen LogP contribution in [0.2, 0.25) is 0 Å². The summed E-state index contributed by atoms with van der Waals surface area (Å²) in [6, 6.07) is 13.8. The van der Waals surface area contributed by atoms with Crippen molar-refractivity contribution < 1.29 is 9.53 Å². The van der Waals surface area contributed by atoms with Crippen LogP contribution < -0.4 is 10.3 Å². The minimum atomic E-state index is 0.0639. The maximum Gasteiger partial charge on any atom is 0.251 e. The van der Waals surface area contributed by atoms with Crippen LogP contribution in [0.3, 0.4) is 0 Å². The van der Waals surface area contributed by atoms with Gasteiger partial charge >= 0.3 is 0 Å². The van der Waals surface area contributed by atoms with E-state index in [0.29, 0.717) is 11.8 Å². The normalized spacial score (nSPS) is 25.7. The smallest absolute Gasteiger partial charge is 0.251 e. The first-order valence-electron chi connectivity index (χ1n) is 11.8. The summed E-state index contributed by atoms with van der Waals surface area (Å²) < 4.78 is 7.44. The summed E-state index contributed by atoms with van der Waals surface area (Å²) in [6.07, 6.45) is 7.50. The lowest BCUT2D eigenvalue weighted by atomic mass is 9.76. The highest BCUT2D eigenvalue weighted by molar-refractivity contribution is 5.79. The quantitative estimate of drug-likeness (QED) is 0.746. The number of fused-ring (bicyclic) bond motifs is 4. The molecule has 0 radical (unpaired) electrons. The first kappa shape index (κ1) is 20.3. The second kappa shape index (κ2) is 8.52. The number of carbonyl (C=O) groups is 1. The molecule has 5 heteroatoms. The van der Waals surface area contributed by atoms with Crippen LogP contribution in [-0.4, -0.2) is 35.6 Å². The number of pyridine rings is 1. The predicted molar refractivity (Wildman–Crippen MR) is 120 cm³/mol. The van der Waals surface area contributed by atoms with Gasteiger partial charge in [-0.25, -0.2) is 0 Å². The Morgan fingerprint density at radius 2 is 1.87 bits per heavy atom. The molecule has 2 bridgehead atoms. The fourth-order valence-electron chi connectivity index (χ4n) is 6.13. The van der Waals surface area contributed by atoms with Gasteiger partial charge in [0, 0.05) is 42.7 Å². The van der Waals surface area contributed by atoms with Gasteiger partial charge in [0.1, 0.15) is 5.75 Å². The number of amides is 1. The molecule has 5 rings (SSSR count). The van der Waals surface area contributed by atoms with E-state index in [4.69, 9.17) is 4.74 Å². The van der Waals surface area contributed by atoms with Crippen LogP contribution in [0.15, 0.2) is 47.3 Å². The van der Waals surface area contributed by atoms with Gasteiger partial charge in [-0.05, 0) is 55.4 Å². The van der Waals surface area contributed by atoms with Gasteiger partial charge in [-0.15, -0.1) is 0 Å². The maximum absolute atomic E-state index is 13.4. The molecule has 1 saturated heterocycles. The third-order valence-corrected chi connectivity index (χ3v) is 7.64. The molecule has 0 unspecified atom stereocenters. The summed E-state index contributed by atoms with van der Waals surface area (Å²) >= 11 is 0. The molecule has 0 N–H and O–H groups in total. The molecule has 1 saturated carbocycles. The number of hydrogen-bond donors (Lipinski definition) is 0. The van der Waals surface area contributed by atoms with Crippen molar-refractivity contribution in [3.8, 4) is 5.75 Å². The van der Waals surface area contributed by atoms with Gasteiger partial charge in [-0.1, -0.05) is 37.5 Å². The molecule has 3 heterocycles. The number of benzene rings is 1. The second-order valence-corrected chi connectivity index (χ2v) is 9.55. The molecule has 3 aliphatic rings. The third-order valence-electron chi connectivity index (χ3n) is 7.64. The van der Waals surface area contributed by atoms with Crippen LogP contribution >= 0.6 is 0 Å². The fourth-order valence-corrected chi connectivity index (χ4v) is 6.13. The molecule has 2 aliphatic heterocycles. The van der Waals surface area contributed by atoms with E-state index in [1.165, 1.54) is 24.8 Å². The number of nitrogens with zero attached hydrogens (tertiary/aromatic N) is 2. The standard InChI is InChI=1S/C26H32N2O3/c1-31-22-10-5-7-18(13-22)14-24-21-15-20(23-11-6-12-25(29)28(23)24)16-27(17-21)26(30)19-8-3-2-4-9-19/h5-7,10-13,19-21,24H,2-4,8-9,14-17H2,1H3/t20-,21+,24+/m1/s1. The number of ether oxygens (including phenoxy) is 1. The topological polar surface area (TPSA) is 51.5 Å². The van der Waals surface area contributed by atoms with E-state index in [1.54, 1.807) is 13.2 Å². The fraction of sp³-hybridized carbons (Fsp3) is 0.538. The van der Waals surface area contributed by atoms with Gasteiger partial charge in [0.05, 0.1) is 7.11 Å². The van der Waals surface area contributed by atoms with E-state index in [-0.39, 0.29) is 23.4 Å². The van der Waals surface area contributed by atoms with Gasteiger partial charge in [0.15, 0.2) is 0 Å². The Bertz CT molecular complexity index is 1010. The highest BCUT2D eigenvalue weighted by atomic mass is 16.5. The molecule has 1 aliphatic carbocycles. The van der Waals surface area contributed by atoms with E-state index in [1.807, 2.05) is 22.8 Å². The molecule has 1 amide bonds. The van der Waals surface area contributed by atoms with Crippen molar-refractivity contribution >= 4 is 5.91 Å². The SMILES string of the molecule is COc1cccc(C[C@H]2[C@H]3C[C@H](CN(C(=O)C4CCCCC4)C3)c3cccc(=O)n32)c1. The zero-order valence-corrected chi connectivity index (χ0v) is 18.3. The molecule has 0 spiro atoms. The minimum absolute atomic E-state index is 0.0639. The maximum atomic E-state index is 13.4. The lowest BCUT2D eigenvalue weighted by Crippen LogP contribution is -2.52. The van der Waals surface area contributed by atoms with E-state index >= 15 is 0 Å². The van der Waals surface area contributed by atoms with E-state index in [0.717, 1.165) is 50.2 Å². The predicted octanol–water partition coefficient (Wildman–Crippen LogP) is 4.17. The van der Waals surface area contributed by atoms with Gasteiger partial charge in [0.2, 0.25) is 5.91 Å². The van der Waals surface area contributed by atoms with Crippen molar-refractivity contribution in [2.45, 2.75) is 56.9 Å². The molecule has 31 heavy (non-hydrogen) atoms. The highest BCUT2D eigenvalue weighted by Gasteiger charge is 2.42. The van der Waals surface area contributed by atoms with Crippen LogP contribution in [0.5, 0.6) is 5.75 Å². The van der Waals surface area contributed by atoms with Crippen molar-refractivity contribution in [2.75, 3.05) is 20.2 Å². The highest BCUT2D eigenvalue weighted by Crippen LogP contribution is 2.43. The first-order chi connectivity index (χ1) is 15.1. The molecule has 1 aromatic heterocycles. The summed E-state index contributed by atoms with van der Waals surface area (Å²) in [4.78, 5) is 28.4. The Kier molecular flexibility index (Phi) is 5.59. The van der Waals surface area contributed by atoms with Crippen LogP contribution in [0, 0.1) is 11.8 Å². The first-order valence-corrected chi connectivity index (χ1v) is 11.8. The molecule has 164 valence electrons. The number of carbonyl (C=O) groups excluding carboxylic acids is 1. The molecule has 2 aromatic rings. The Hall–Kier alpha value is -2.56. The molecule has 2 fully saturated rings. The van der Waals surface area contributed by atoms with Crippen LogP contribution in [0.4, 0.5) is 0 Å². The lowest BCUT2D eigenvalue weighted by molar-refractivity contribution is -0.139. The van der Waals surface area contributed by atoms with E-state index in [2.05, 4.69) is 23.1 Å². The van der Waals surface area contributed by atoms with Gasteiger partial charge in [-0.3, -0.25) is 9.59 Å². The van der Waals surface area contributed by atoms with Crippen LogP contribution in [0.25, 0.3) is 0 Å². The third kappa shape index (κ3) is 3.90. The van der Waals surface area contributed by atoms with E-state index in [9.17, 15) is 9.59 Å². The molecule has 3 atom stereocenters. The summed E-state index contributed by atoms with van der Waals surface area (Å²) in [5.74, 6) is 1.93. The number of aromatic nitrogens is 1. The molecule has 5 nitrogen and oxygen atoms in total. The number of piperidine rings is 1. The average Bonchev–Trinajstić information content (AvgIpc) is 2.82. The zero-order chi connectivity index (χ0) is 21.4. The number of hydrogen-bond acceptors (Lipinski definition) is 3. The zero-order valence-electron chi connectivity index (χ0n) is 18.3. The number of methoxy groups -OCH3 is 1.